The van der Waals surface area contributed by atoms with Gasteiger partial charge in [0.25, 0.3) is 11.5 Å². The number of ether oxygens (including phenoxy) is 1. The highest BCUT2D eigenvalue weighted by atomic mass is 35.5. The molecule has 2 N–H and O–H groups in total. The van der Waals surface area contributed by atoms with Crippen molar-refractivity contribution in [3.63, 3.8) is 0 Å². The number of piperazine rings is 1. The summed E-state index contributed by atoms with van der Waals surface area (Å²) < 4.78 is 48.7. The minimum atomic E-state index is -4.62. The van der Waals surface area contributed by atoms with Gasteiger partial charge in [-0.3, -0.25) is 14.4 Å². The van der Waals surface area contributed by atoms with Crippen molar-refractivity contribution in [1.29, 1.82) is 0 Å². The lowest BCUT2D eigenvalue weighted by atomic mass is 10.2. The maximum absolute atomic E-state index is 14.5. The first kappa shape index (κ1) is 39.1. The first-order valence-corrected chi connectivity index (χ1v) is 19.1. The summed E-state index contributed by atoms with van der Waals surface area (Å²) in [6, 6.07) is 21.6. The second-order valence-electron chi connectivity index (χ2n) is 13.9. The van der Waals surface area contributed by atoms with Crippen LogP contribution < -0.4 is 20.5 Å². The van der Waals surface area contributed by atoms with E-state index in [4.69, 9.17) is 21.3 Å². The molecule has 1 aliphatic heterocycles. The van der Waals surface area contributed by atoms with Crippen molar-refractivity contribution >= 4 is 51.5 Å². The third-order valence-corrected chi connectivity index (χ3v) is 10.4. The van der Waals surface area contributed by atoms with Gasteiger partial charge >= 0.3 is 6.18 Å². The molecular weight excluding hydrogens is 789 g/mol. The summed E-state index contributed by atoms with van der Waals surface area (Å²) in [5.74, 6) is -0.404. The number of aryl methyl sites for hydroxylation is 1. The Bertz CT molecular complexity index is 2750. The van der Waals surface area contributed by atoms with Gasteiger partial charge in [0, 0.05) is 37.1 Å². The fourth-order valence-corrected chi connectivity index (χ4v) is 7.39. The molecular formula is C41H36ClF3N10O4. The normalized spacial score (nSPS) is 13.3. The molecule has 8 rings (SSSR count). The van der Waals surface area contributed by atoms with Gasteiger partial charge in [0.2, 0.25) is 11.7 Å². The minimum absolute atomic E-state index is 0.0199. The molecule has 59 heavy (non-hydrogen) atoms. The number of rotatable bonds is 10. The highest BCUT2D eigenvalue weighted by molar-refractivity contribution is 6.33. The van der Waals surface area contributed by atoms with Crippen LogP contribution in [0.5, 0.6) is 5.75 Å². The van der Waals surface area contributed by atoms with E-state index >= 15 is 0 Å². The second kappa shape index (κ2) is 15.9. The number of benzene rings is 3. The largest absolute Gasteiger partial charge is 0.485 e. The molecule has 0 radical (unpaired) electrons. The summed E-state index contributed by atoms with van der Waals surface area (Å²) in [7, 11) is 0. The van der Waals surface area contributed by atoms with E-state index in [1.807, 2.05) is 72.5 Å². The summed E-state index contributed by atoms with van der Waals surface area (Å²) in [5, 5.41) is 7.82. The zero-order valence-electron chi connectivity index (χ0n) is 31.8. The minimum Gasteiger partial charge on any atom is -0.485 e. The van der Waals surface area contributed by atoms with Crippen LogP contribution in [0, 0.1) is 6.92 Å². The maximum atomic E-state index is 14.5. The fourth-order valence-electron chi connectivity index (χ4n) is 7.16. The zero-order valence-corrected chi connectivity index (χ0v) is 32.5. The number of fused-ring (bicyclic) bond motifs is 2. The summed E-state index contributed by atoms with van der Waals surface area (Å²) in [6.45, 7) is 4.36. The lowest BCUT2D eigenvalue weighted by Gasteiger charge is -2.36. The number of nitrogens with one attached hydrogen (secondary N) is 2. The summed E-state index contributed by atoms with van der Waals surface area (Å²) in [6.07, 6.45) is -3.02. The summed E-state index contributed by atoms with van der Waals surface area (Å²) >= 11 is 6.18. The first-order valence-electron chi connectivity index (χ1n) is 18.7. The maximum Gasteiger partial charge on any atom is 0.416 e. The Hall–Kier alpha value is -6.75. The average molecular weight is 825 g/mol. The lowest BCUT2D eigenvalue weighted by Crippen LogP contribution is -2.51. The molecule has 18 heteroatoms. The van der Waals surface area contributed by atoms with Crippen LogP contribution >= 0.6 is 11.6 Å². The number of amides is 2. The van der Waals surface area contributed by atoms with Gasteiger partial charge in [-0.25, -0.2) is 9.97 Å². The smallest absolute Gasteiger partial charge is 0.416 e. The summed E-state index contributed by atoms with van der Waals surface area (Å²) in [4.78, 5) is 62.2. The van der Waals surface area contributed by atoms with Crippen molar-refractivity contribution in [2.24, 2.45) is 0 Å². The third-order valence-electron chi connectivity index (χ3n) is 10.1. The lowest BCUT2D eigenvalue weighted by molar-refractivity contribution is -0.137. The van der Waals surface area contributed by atoms with E-state index in [1.54, 1.807) is 16.4 Å². The van der Waals surface area contributed by atoms with Crippen molar-refractivity contribution in [2.75, 3.05) is 36.4 Å². The Morgan fingerprint density at radius 1 is 0.966 bits per heavy atom. The van der Waals surface area contributed by atoms with Gasteiger partial charge in [-0.15, -0.1) is 5.10 Å². The number of hydrogen-bond donors (Lipinski definition) is 2. The predicted molar refractivity (Wildman–Crippen MR) is 215 cm³/mol. The Labute approximate surface area is 339 Å². The van der Waals surface area contributed by atoms with E-state index in [2.05, 4.69) is 25.4 Å². The molecule has 14 nitrogen and oxygen atoms in total. The monoisotopic (exact) mass is 824 g/mol. The van der Waals surface area contributed by atoms with Crippen molar-refractivity contribution in [3.8, 4) is 17.3 Å². The molecule has 4 aromatic heterocycles. The number of anilines is 2. The zero-order chi connectivity index (χ0) is 41.4. The van der Waals surface area contributed by atoms with Gasteiger partial charge in [-0.05, 0) is 49.2 Å². The van der Waals surface area contributed by atoms with Crippen molar-refractivity contribution < 1.29 is 27.5 Å². The highest BCUT2D eigenvalue weighted by Crippen LogP contribution is 2.34. The van der Waals surface area contributed by atoms with Gasteiger partial charge in [-0.2, -0.15) is 22.7 Å². The number of hydrogen-bond acceptors (Lipinski definition) is 9. The highest BCUT2D eigenvalue weighted by Gasteiger charge is 2.33. The molecule has 1 saturated heterocycles. The van der Waals surface area contributed by atoms with E-state index in [-0.39, 0.29) is 91.1 Å². The van der Waals surface area contributed by atoms with E-state index in [1.165, 1.54) is 6.33 Å². The van der Waals surface area contributed by atoms with E-state index in [9.17, 15) is 27.6 Å². The number of alkyl halides is 3. The van der Waals surface area contributed by atoms with Gasteiger partial charge in [0.15, 0.2) is 17.3 Å². The Kier molecular flexibility index (Phi) is 10.5. The van der Waals surface area contributed by atoms with E-state index < -0.39 is 23.2 Å². The number of carbonyl (C=O) groups is 2. The molecule has 3 aromatic carbocycles. The molecule has 2 amide bonds. The third kappa shape index (κ3) is 7.80. The quantitative estimate of drug-likeness (QED) is 0.156. The number of carbonyl (C=O) groups excluding carboxylic acids is 2. The first-order chi connectivity index (χ1) is 28.4. The molecule has 0 unspecified atom stereocenters. The van der Waals surface area contributed by atoms with Crippen LogP contribution in [0.1, 0.15) is 39.9 Å². The molecule has 302 valence electrons. The van der Waals surface area contributed by atoms with Crippen LogP contribution in [0.15, 0.2) is 90.0 Å². The molecule has 1 aliphatic rings. The molecule has 5 heterocycles. The Morgan fingerprint density at radius 3 is 2.42 bits per heavy atom. The average Bonchev–Trinajstić information content (AvgIpc) is 3.88. The van der Waals surface area contributed by atoms with Gasteiger partial charge < -0.3 is 29.4 Å². The molecule has 0 aliphatic carbocycles. The second-order valence-corrected chi connectivity index (χ2v) is 14.3. The topological polar surface area (TPSA) is 156 Å². The fraction of sp³-hybridized carbons (Fsp3) is 0.244. The Morgan fingerprint density at radius 2 is 1.71 bits per heavy atom. The number of nitrogens with zero attached hydrogens (tertiary/aromatic N) is 8. The number of para-hydroxylation sites is 1. The number of aromatic amines is 1. The van der Waals surface area contributed by atoms with E-state index in [0.29, 0.717) is 17.1 Å². The molecule has 0 atom stereocenters. The van der Waals surface area contributed by atoms with Gasteiger partial charge in [0.1, 0.15) is 25.2 Å². The van der Waals surface area contributed by atoms with Crippen molar-refractivity contribution in [1.82, 2.24) is 39.0 Å². The Balaban J connectivity index is 1.11. The number of H-pyrrole nitrogens is 1. The molecule has 7 aromatic rings. The van der Waals surface area contributed by atoms with E-state index in [0.717, 1.165) is 39.2 Å². The van der Waals surface area contributed by atoms with Crippen LogP contribution in [0.2, 0.25) is 5.02 Å². The van der Waals surface area contributed by atoms with Crippen LogP contribution in [0.4, 0.5) is 24.5 Å². The van der Waals surface area contributed by atoms with Crippen LogP contribution in [0.3, 0.4) is 0 Å². The summed E-state index contributed by atoms with van der Waals surface area (Å²) in [5.41, 5.74) is 2.22. The predicted octanol–water partition coefficient (Wildman–Crippen LogP) is 6.55. The van der Waals surface area contributed by atoms with Crippen molar-refractivity contribution in [2.45, 2.75) is 39.6 Å². The van der Waals surface area contributed by atoms with Gasteiger partial charge in [-0.1, -0.05) is 67.1 Å². The molecule has 0 bridgehead atoms. The van der Waals surface area contributed by atoms with Crippen LogP contribution in [-0.4, -0.2) is 77.0 Å². The number of halogens is 4. The molecule has 0 saturated carbocycles. The molecule has 0 spiro atoms. The standard InChI is InChI=1S/C41H36ClF3N10O4/c1-3-32-35(52-15-17-53(18-16-52)38(57)34-36(24(2)46-23-47-34)59-22-25-9-5-4-6-10-25)39(58)55-40(50-37(51-55)31-19-26-11-7-8-12-29(26)48-31)54(32)21-33(56)49-30-14-13-27(20-28(30)42)41(43,44)45/h4-14,19-20,23,48H,3,15-18,21-22H2,1-2H3,(H,49,56). The van der Waals surface area contributed by atoms with Crippen LogP contribution in [0.25, 0.3) is 28.2 Å². The van der Waals surface area contributed by atoms with Gasteiger partial charge in [0.05, 0.1) is 33.4 Å². The van der Waals surface area contributed by atoms with Crippen molar-refractivity contribution in [3.05, 3.63) is 129 Å². The number of aromatic nitrogens is 7. The van der Waals surface area contributed by atoms with Crippen LogP contribution in [-0.2, 0) is 30.5 Å². The molecule has 1 fully saturated rings. The SMILES string of the molecule is CCc1c(N2CCN(C(=O)c3ncnc(C)c3OCc3ccccc3)CC2)c(=O)n2nc(-c3cc4ccccc4[nH]3)nc2n1CC(=O)Nc1ccc(C(F)(F)F)cc1Cl.